The molecule has 0 aromatic carbocycles. The SMILES string of the molecule is CCCCC(O)CN(CCCC)CCCC. The Morgan fingerprint density at radius 1 is 0.875 bits per heavy atom. The first-order chi connectivity index (χ1) is 7.74. The minimum atomic E-state index is -0.117. The highest BCUT2D eigenvalue weighted by Crippen LogP contribution is 2.05. The molecule has 0 saturated heterocycles. The van der Waals surface area contributed by atoms with E-state index in [9.17, 15) is 5.11 Å². The maximum atomic E-state index is 9.91. The van der Waals surface area contributed by atoms with E-state index in [4.69, 9.17) is 0 Å². The van der Waals surface area contributed by atoms with Crippen molar-refractivity contribution in [1.82, 2.24) is 4.90 Å². The number of hydrogen-bond acceptors (Lipinski definition) is 2. The molecular formula is C14H31NO. The lowest BCUT2D eigenvalue weighted by atomic mass is 10.1. The molecule has 0 heterocycles. The van der Waals surface area contributed by atoms with Gasteiger partial charge in [0.05, 0.1) is 6.10 Å². The van der Waals surface area contributed by atoms with Crippen LogP contribution in [0, 0.1) is 0 Å². The fourth-order valence-electron chi connectivity index (χ4n) is 1.89. The number of aliphatic hydroxyl groups is 1. The fraction of sp³-hybridized carbons (Fsp3) is 1.00. The van der Waals surface area contributed by atoms with Crippen molar-refractivity contribution in [1.29, 1.82) is 0 Å². The Kier molecular flexibility index (Phi) is 11.3. The van der Waals surface area contributed by atoms with Gasteiger partial charge in [0, 0.05) is 6.54 Å². The summed E-state index contributed by atoms with van der Waals surface area (Å²) in [4.78, 5) is 2.44. The molecule has 98 valence electrons. The third-order valence-electron chi connectivity index (χ3n) is 3.02. The van der Waals surface area contributed by atoms with Gasteiger partial charge in [-0.2, -0.15) is 0 Å². The Morgan fingerprint density at radius 3 is 1.81 bits per heavy atom. The third kappa shape index (κ3) is 9.17. The average molecular weight is 229 g/mol. The zero-order chi connectivity index (χ0) is 12.2. The Hall–Kier alpha value is -0.0800. The van der Waals surface area contributed by atoms with Gasteiger partial charge in [0.1, 0.15) is 0 Å². The van der Waals surface area contributed by atoms with E-state index in [2.05, 4.69) is 25.7 Å². The van der Waals surface area contributed by atoms with Crippen molar-refractivity contribution in [2.75, 3.05) is 19.6 Å². The Balaban J connectivity index is 3.78. The van der Waals surface area contributed by atoms with Crippen LogP contribution in [0.2, 0.25) is 0 Å². The van der Waals surface area contributed by atoms with Crippen molar-refractivity contribution in [2.24, 2.45) is 0 Å². The molecule has 0 amide bonds. The second-order valence-electron chi connectivity index (χ2n) is 4.80. The van der Waals surface area contributed by atoms with Crippen molar-refractivity contribution in [3.05, 3.63) is 0 Å². The lowest BCUT2D eigenvalue weighted by molar-refractivity contribution is 0.101. The normalized spacial score (nSPS) is 13.3. The summed E-state index contributed by atoms with van der Waals surface area (Å²) in [7, 11) is 0. The van der Waals surface area contributed by atoms with Gasteiger partial charge in [0.2, 0.25) is 0 Å². The van der Waals surface area contributed by atoms with E-state index >= 15 is 0 Å². The second-order valence-corrected chi connectivity index (χ2v) is 4.80. The summed E-state index contributed by atoms with van der Waals surface area (Å²) in [6.45, 7) is 9.81. The van der Waals surface area contributed by atoms with Gasteiger partial charge < -0.3 is 10.0 Å². The molecular weight excluding hydrogens is 198 g/mol. The first-order valence-electron chi connectivity index (χ1n) is 7.14. The summed E-state index contributed by atoms with van der Waals surface area (Å²) in [6, 6.07) is 0. The summed E-state index contributed by atoms with van der Waals surface area (Å²) >= 11 is 0. The largest absolute Gasteiger partial charge is 0.392 e. The monoisotopic (exact) mass is 229 g/mol. The molecule has 0 spiro atoms. The van der Waals surface area contributed by atoms with Crippen molar-refractivity contribution in [2.45, 2.75) is 71.8 Å². The Morgan fingerprint density at radius 2 is 1.38 bits per heavy atom. The van der Waals surface area contributed by atoms with E-state index in [1.54, 1.807) is 0 Å². The highest BCUT2D eigenvalue weighted by molar-refractivity contribution is 4.65. The van der Waals surface area contributed by atoms with Gasteiger partial charge in [0.15, 0.2) is 0 Å². The molecule has 1 N–H and O–H groups in total. The van der Waals surface area contributed by atoms with Crippen LogP contribution in [-0.4, -0.2) is 35.7 Å². The molecule has 0 saturated carbocycles. The van der Waals surface area contributed by atoms with Gasteiger partial charge in [-0.1, -0.05) is 46.5 Å². The van der Waals surface area contributed by atoms with Gasteiger partial charge >= 0.3 is 0 Å². The Bertz CT molecular complexity index is 131. The number of rotatable bonds is 11. The zero-order valence-corrected chi connectivity index (χ0v) is 11.5. The topological polar surface area (TPSA) is 23.5 Å². The first-order valence-corrected chi connectivity index (χ1v) is 7.14. The van der Waals surface area contributed by atoms with Gasteiger partial charge in [-0.05, 0) is 32.4 Å². The highest BCUT2D eigenvalue weighted by atomic mass is 16.3. The van der Waals surface area contributed by atoms with E-state index in [1.807, 2.05) is 0 Å². The number of hydrogen-bond donors (Lipinski definition) is 1. The number of unbranched alkanes of at least 4 members (excludes halogenated alkanes) is 3. The lowest BCUT2D eigenvalue weighted by Gasteiger charge is -2.24. The molecule has 0 aromatic rings. The molecule has 0 aliphatic carbocycles. The van der Waals surface area contributed by atoms with Gasteiger partial charge in [0.25, 0.3) is 0 Å². The molecule has 1 unspecified atom stereocenters. The third-order valence-corrected chi connectivity index (χ3v) is 3.02. The molecule has 0 rings (SSSR count). The predicted octanol–water partition coefficient (Wildman–Crippen LogP) is 3.44. The van der Waals surface area contributed by atoms with Crippen LogP contribution >= 0.6 is 0 Å². The van der Waals surface area contributed by atoms with Crippen LogP contribution in [0.1, 0.15) is 65.7 Å². The summed E-state index contributed by atoms with van der Waals surface area (Å²) in [5.41, 5.74) is 0. The number of aliphatic hydroxyl groups excluding tert-OH is 1. The average Bonchev–Trinajstić information content (AvgIpc) is 2.30. The van der Waals surface area contributed by atoms with Gasteiger partial charge in [-0.15, -0.1) is 0 Å². The van der Waals surface area contributed by atoms with Crippen LogP contribution in [0.25, 0.3) is 0 Å². The molecule has 0 aliphatic rings. The molecule has 0 aliphatic heterocycles. The van der Waals surface area contributed by atoms with E-state index in [0.29, 0.717) is 0 Å². The summed E-state index contributed by atoms with van der Waals surface area (Å²) in [6.07, 6.45) is 8.17. The van der Waals surface area contributed by atoms with E-state index in [-0.39, 0.29) is 6.10 Å². The standard InChI is InChI=1S/C14H31NO/c1-4-7-10-14(16)13-15(11-8-5-2)12-9-6-3/h14,16H,4-13H2,1-3H3. The molecule has 16 heavy (non-hydrogen) atoms. The van der Waals surface area contributed by atoms with Crippen molar-refractivity contribution in [3.8, 4) is 0 Å². The molecule has 0 aromatic heterocycles. The molecule has 2 nitrogen and oxygen atoms in total. The predicted molar refractivity (Wildman–Crippen MR) is 71.8 cm³/mol. The molecule has 0 fully saturated rings. The van der Waals surface area contributed by atoms with E-state index in [0.717, 1.165) is 32.5 Å². The smallest absolute Gasteiger partial charge is 0.0667 e. The first kappa shape index (κ1) is 15.9. The molecule has 2 heteroatoms. The maximum Gasteiger partial charge on any atom is 0.0667 e. The van der Waals surface area contributed by atoms with Crippen molar-refractivity contribution >= 4 is 0 Å². The second kappa shape index (κ2) is 11.4. The van der Waals surface area contributed by atoms with Gasteiger partial charge in [-0.3, -0.25) is 0 Å². The van der Waals surface area contributed by atoms with Gasteiger partial charge in [-0.25, -0.2) is 0 Å². The van der Waals surface area contributed by atoms with E-state index in [1.165, 1.54) is 32.1 Å². The van der Waals surface area contributed by atoms with Crippen LogP contribution in [0.15, 0.2) is 0 Å². The Labute approximate surface area is 102 Å². The highest BCUT2D eigenvalue weighted by Gasteiger charge is 2.10. The molecule has 0 radical (unpaired) electrons. The van der Waals surface area contributed by atoms with Crippen LogP contribution in [0.4, 0.5) is 0 Å². The molecule has 0 bridgehead atoms. The van der Waals surface area contributed by atoms with Crippen molar-refractivity contribution in [3.63, 3.8) is 0 Å². The van der Waals surface area contributed by atoms with Crippen LogP contribution in [0.3, 0.4) is 0 Å². The minimum Gasteiger partial charge on any atom is -0.392 e. The maximum absolute atomic E-state index is 9.91. The fourth-order valence-corrected chi connectivity index (χ4v) is 1.89. The van der Waals surface area contributed by atoms with Crippen LogP contribution in [-0.2, 0) is 0 Å². The quantitative estimate of drug-likeness (QED) is 0.586. The van der Waals surface area contributed by atoms with Crippen molar-refractivity contribution < 1.29 is 5.11 Å². The summed E-state index contributed by atoms with van der Waals surface area (Å²) in [5.74, 6) is 0. The zero-order valence-electron chi connectivity index (χ0n) is 11.5. The summed E-state index contributed by atoms with van der Waals surface area (Å²) < 4.78 is 0. The lowest BCUT2D eigenvalue weighted by Crippen LogP contribution is -2.34. The number of nitrogens with zero attached hydrogens (tertiary/aromatic N) is 1. The molecule has 1 atom stereocenters. The minimum absolute atomic E-state index is 0.117. The van der Waals surface area contributed by atoms with E-state index < -0.39 is 0 Å². The van der Waals surface area contributed by atoms with Crippen LogP contribution in [0.5, 0.6) is 0 Å². The summed E-state index contributed by atoms with van der Waals surface area (Å²) in [5, 5.41) is 9.91. The van der Waals surface area contributed by atoms with Crippen LogP contribution < -0.4 is 0 Å².